The molecule has 2 rings (SSSR count). The summed E-state index contributed by atoms with van der Waals surface area (Å²) >= 11 is 0. The highest BCUT2D eigenvalue weighted by Gasteiger charge is 2.12. The van der Waals surface area contributed by atoms with Crippen molar-refractivity contribution >= 4 is 0 Å². The molecule has 1 aromatic heterocycles. The van der Waals surface area contributed by atoms with Crippen molar-refractivity contribution in [3.8, 4) is 11.7 Å². The molecule has 0 radical (unpaired) electrons. The maximum absolute atomic E-state index is 9.09. The molecule has 0 fully saturated rings. The summed E-state index contributed by atoms with van der Waals surface area (Å²) in [5.74, 6) is 0.0245. The largest absolute Gasteiger partial charge is 0.478 e. The molecule has 0 aliphatic carbocycles. The molecule has 0 saturated heterocycles. The van der Waals surface area contributed by atoms with E-state index < -0.39 is 6.29 Å². The molecule has 1 atom stereocenters. The molecule has 2 heterocycles. The van der Waals surface area contributed by atoms with E-state index in [0.717, 1.165) is 0 Å². The van der Waals surface area contributed by atoms with Gasteiger partial charge in [-0.3, -0.25) is 0 Å². The zero-order valence-electron chi connectivity index (χ0n) is 6.71. The maximum Gasteiger partial charge on any atom is 0.326 e. The Bertz CT molecular complexity index is 337. The first-order valence-corrected chi connectivity index (χ1v) is 3.78. The van der Waals surface area contributed by atoms with Crippen LogP contribution in [0.1, 0.15) is 0 Å². The predicted molar refractivity (Wildman–Crippen MR) is 44.2 cm³/mol. The molecule has 13 heavy (non-hydrogen) atoms. The van der Waals surface area contributed by atoms with Crippen molar-refractivity contribution in [2.24, 2.45) is 0 Å². The van der Waals surface area contributed by atoms with Crippen molar-refractivity contribution in [2.75, 3.05) is 0 Å². The van der Waals surface area contributed by atoms with Gasteiger partial charge in [0.25, 0.3) is 6.29 Å². The number of allylic oxidation sites excluding steroid dienone is 2. The van der Waals surface area contributed by atoms with E-state index in [0.29, 0.717) is 0 Å². The predicted octanol–water partition coefficient (Wildman–Crippen LogP) is 1.79. The lowest BCUT2D eigenvalue weighted by molar-refractivity contribution is 0.00502. The zero-order valence-corrected chi connectivity index (χ0v) is 6.71. The van der Waals surface area contributed by atoms with Crippen LogP contribution in [-0.2, 0) is 4.74 Å². The molecule has 4 nitrogen and oxygen atoms in total. The molecule has 1 aliphatic rings. The van der Waals surface area contributed by atoms with Crippen LogP contribution in [0, 0.1) is 0 Å². The molecule has 4 heteroatoms. The minimum absolute atomic E-state index is 0.244. The van der Waals surface area contributed by atoms with Crippen molar-refractivity contribution in [3.63, 3.8) is 0 Å². The Hall–Kier alpha value is -1.84. The zero-order chi connectivity index (χ0) is 9.10. The number of hydrogen-bond acceptors (Lipinski definition) is 4. The van der Waals surface area contributed by atoms with Crippen molar-refractivity contribution in [1.82, 2.24) is 0 Å². The molecule has 0 amide bonds. The van der Waals surface area contributed by atoms with Gasteiger partial charge in [-0.15, -0.1) is 0 Å². The summed E-state index contributed by atoms with van der Waals surface area (Å²) in [5, 5.41) is 9.09. The minimum Gasteiger partial charge on any atom is -0.478 e. The Kier molecular flexibility index (Phi) is 1.96. The molecule has 0 saturated carbocycles. The first-order valence-electron chi connectivity index (χ1n) is 3.78. The van der Waals surface area contributed by atoms with Crippen molar-refractivity contribution in [3.05, 3.63) is 36.8 Å². The van der Waals surface area contributed by atoms with Crippen LogP contribution in [0.25, 0.3) is 0 Å². The van der Waals surface area contributed by atoms with Crippen LogP contribution in [0.3, 0.4) is 0 Å². The number of hydrogen-bond donors (Lipinski definition) is 1. The molecular weight excluding hydrogens is 172 g/mol. The highest BCUT2D eigenvalue weighted by molar-refractivity contribution is 5.29. The fourth-order valence-electron chi connectivity index (χ4n) is 0.940. The second kappa shape index (κ2) is 3.26. The Morgan fingerprint density at radius 2 is 2.31 bits per heavy atom. The third-order valence-electron chi connectivity index (χ3n) is 1.52. The third-order valence-corrected chi connectivity index (χ3v) is 1.52. The fourth-order valence-corrected chi connectivity index (χ4v) is 0.940. The summed E-state index contributed by atoms with van der Waals surface area (Å²) in [7, 11) is 0. The lowest BCUT2D eigenvalue weighted by atomic mass is 10.4. The van der Waals surface area contributed by atoms with Crippen LogP contribution in [0.15, 0.2) is 41.2 Å². The smallest absolute Gasteiger partial charge is 0.326 e. The van der Waals surface area contributed by atoms with E-state index in [1.165, 1.54) is 18.6 Å². The Balaban J connectivity index is 2.02. The average Bonchev–Trinajstić information content (AvgIpc) is 2.54. The second-order valence-electron chi connectivity index (χ2n) is 2.43. The van der Waals surface area contributed by atoms with Gasteiger partial charge in [-0.1, -0.05) is 6.08 Å². The molecule has 68 valence electrons. The Morgan fingerprint density at radius 1 is 1.38 bits per heavy atom. The number of furan rings is 1. The van der Waals surface area contributed by atoms with Crippen molar-refractivity contribution in [1.29, 1.82) is 0 Å². The normalized spacial score (nSPS) is 19.8. The van der Waals surface area contributed by atoms with Gasteiger partial charge in [0, 0.05) is 6.07 Å². The summed E-state index contributed by atoms with van der Waals surface area (Å²) in [6.45, 7) is 0. The topological polar surface area (TPSA) is 51.8 Å². The van der Waals surface area contributed by atoms with Gasteiger partial charge in [-0.25, -0.2) is 0 Å². The van der Waals surface area contributed by atoms with E-state index in [4.69, 9.17) is 14.6 Å². The van der Waals surface area contributed by atoms with Crippen molar-refractivity contribution < 1.29 is 19.0 Å². The summed E-state index contributed by atoms with van der Waals surface area (Å²) in [5.41, 5.74) is 0. The van der Waals surface area contributed by atoms with Gasteiger partial charge in [0.15, 0.2) is 0 Å². The van der Waals surface area contributed by atoms with Crippen LogP contribution in [0.2, 0.25) is 0 Å². The van der Waals surface area contributed by atoms with Crippen LogP contribution >= 0.6 is 0 Å². The van der Waals surface area contributed by atoms with Crippen LogP contribution in [0.5, 0.6) is 11.7 Å². The van der Waals surface area contributed by atoms with E-state index >= 15 is 0 Å². The van der Waals surface area contributed by atoms with Crippen LogP contribution in [-0.4, -0.2) is 11.4 Å². The highest BCUT2D eigenvalue weighted by atomic mass is 16.7. The molecule has 0 aromatic carbocycles. The Labute approximate surface area is 74.7 Å². The van der Waals surface area contributed by atoms with E-state index in [1.807, 2.05) is 0 Å². The third kappa shape index (κ3) is 1.66. The standard InChI is InChI=1S/C9H8O4/c10-9-7(4-6-12-9)13-8-3-1-2-5-11-8/h1-6,8,10H. The monoisotopic (exact) mass is 180 g/mol. The maximum atomic E-state index is 9.09. The average molecular weight is 180 g/mol. The quantitative estimate of drug-likeness (QED) is 0.753. The molecular formula is C9H8O4. The van der Waals surface area contributed by atoms with Gasteiger partial charge in [-0.05, 0) is 12.2 Å². The summed E-state index contributed by atoms with van der Waals surface area (Å²) in [4.78, 5) is 0. The number of aromatic hydroxyl groups is 1. The molecule has 1 unspecified atom stereocenters. The van der Waals surface area contributed by atoms with Gasteiger partial charge >= 0.3 is 5.95 Å². The highest BCUT2D eigenvalue weighted by Crippen LogP contribution is 2.27. The van der Waals surface area contributed by atoms with E-state index in [-0.39, 0.29) is 11.7 Å². The fraction of sp³-hybridized carbons (Fsp3) is 0.111. The Morgan fingerprint density at radius 3 is 2.92 bits per heavy atom. The first kappa shape index (κ1) is 7.79. The number of rotatable bonds is 2. The minimum atomic E-state index is -0.506. The van der Waals surface area contributed by atoms with Crippen molar-refractivity contribution in [2.45, 2.75) is 6.29 Å². The molecule has 0 bridgehead atoms. The molecule has 1 aliphatic heterocycles. The van der Waals surface area contributed by atoms with Gasteiger partial charge in [-0.2, -0.15) is 0 Å². The summed E-state index contributed by atoms with van der Waals surface area (Å²) < 4.78 is 14.9. The molecule has 1 aromatic rings. The van der Waals surface area contributed by atoms with Gasteiger partial charge in [0.1, 0.15) is 0 Å². The molecule has 0 spiro atoms. The SMILES string of the molecule is Oc1occc1OC1C=CC=CO1. The van der Waals surface area contributed by atoms with Crippen LogP contribution < -0.4 is 4.74 Å². The first-order chi connectivity index (χ1) is 6.36. The summed E-state index contributed by atoms with van der Waals surface area (Å²) in [6.07, 6.45) is 7.61. The van der Waals surface area contributed by atoms with E-state index in [2.05, 4.69) is 4.42 Å². The second-order valence-corrected chi connectivity index (χ2v) is 2.43. The van der Waals surface area contributed by atoms with Gasteiger partial charge < -0.3 is 19.0 Å². The lowest BCUT2D eigenvalue weighted by Gasteiger charge is -2.15. The summed E-state index contributed by atoms with van der Waals surface area (Å²) in [6, 6.07) is 1.52. The van der Waals surface area contributed by atoms with E-state index in [9.17, 15) is 0 Å². The van der Waals surface area contributed by atoms with E-state index in [1.54, 1.807) is 18.2 Å². The van der Waals surface area contributed by atoms with Crippen LogP contribution in [0.4, 0.5) is 0 Å². The lowest BCUT2D eigenvalue weighted by Crippen LogP contribution is -2.16. The van der Waals surface area contributed by atoms with Gasteiger partial charge in [0.2, 0.25) is 5.75 Å². The number of ether oxygens (including phenoxy) is 2. The molecule has 1 N–H and O–H groups in total. The van der Waals surface area contributed by atoms with Gasteiger partial charge in [0.05, 0.1) is 12.5 Å².